The summed E-state index contributed by atoms with van der Waals surface area (Å²) < 4.78 is 5.69. The first-order chi connectivity index (χ1) is 13.0. The van der Waals surface area contributed by atoms with E-state index in [4.69, 9.17) is 4.42 Å². The van der Waals surface area contributed by atoms with Crippen LogP contribution in [0.5, 0.6) is 0 Å². The van der Waals surface area contributed by atoms with E-state index in [0.717, 1.165) is 16.7 Å². The Labute approximate surface area is 160 Å². The number of fused-ring (bicyclic) bond motifs is 1. The molecule has 1 N–H and O–H groups in total. The van der Waals surface area contributed by atoms with Crippen molar-refractivity contribution in [3.8, 4) is 11.5 Å². The highest BCUT2D eigenvalue weighted by Gasteiger charge is 2.34. The van der Waals surface area contributed by atoms with Gasteiger partial charge in [-0.3, -0.25) is 4.79 Å². The Morgan fingerprint density at radius 2 is 2.07 bits per heavy atom. The number of carboxylic acids is 1. The van der Waals surface area contributed by atoms with E-state index in [9.17, 15) is 14.7 Å². The summed E-state index contributed by atoms with van der Waals surface area (Å²) >= 11 is 1.54. The van der Waals surface area contributed by atoms with Gasteiger partial charge >= 0.3 is 5.97 Å². The number of carbonyl (C=O) groups excluding carboxylic acids is 1. The average Bonchev–Trinajstić information content (AvgIpc) is 3.31. The number of hydrogen-bond donors (Lipinski definition) is 1. The first kappa shape index (κ1) is 17.5. The molecule has 0 radical (unpaired) electrons. The lowest BCUT2D eigenvalue weighted by atomic mass is 9.93. The van der Waals surface area contributed by atoms with Gasteiger partial charge in [0.05, 0.1) is 12.1 Å². The largest absolute Gasteiger partial charge is 0.480 e. The molecular formula is C20H18N2O4S. The lowest BCUT2D eigenvalue weighted by molar-refractivity contribution is -0.151. The van der Waals surface area contributed by atoms with Gasteiger partial charge in [0.15, 0.2) is 0 Å². The van der Waals surface area contributed by atoms with Crippen LogP contribution in [0, 0.1) is 6.92 Å². The monoisotopic (exact) mass is 382 g/mol. The Kier molecular flexibility index (Phi) is 4.53. The van der Waals surface area contributed by atoms with E-state index in [2.05, 4.69) is 4.98 Å². The number of thiophene rings is 1. The zero-order valence-electron chi connectivity index (χ0n) is 14.7. The maximum absolute atomic E-state index is 12.9. The Hall–Kier alpha value is -2.93. The second kappa shape index (κ2) is 7.00. The SMILES string of the molecule is Cc1oc(-c2ccsc2)nc1CC(=O)N1Cc2ccccc2C[C@@H]1C(=O)O. The lowest BCUT2D eigenvalue weighted by Crippen LogP contribution is -2.49. The number of aromatic nitrogens is 1. The van der Waals surface area contributed by atoms with Gasteiger partial charge in [-0.15, -0.1) is 0 Å². The minimum absolute atomic E-state index is 0.0193. The molecular weight excluding hydrogens is 364 g/mol. The molecule has 1 atom stereocenters. The lowest BCUT2D eigenvalue weighted by Gasteiger charge is -2.34. The molecule has 0 saturated heterocycles. The second-order valence-electron chi connectivity index (χ2n) is 6.56. The number of amides is 1. The number of nitrogens with zero attached hydrogens (tertiary/aromatic N) is 2. The Morgan fingerprint density at radius 1 is 1.30 bits per heavy atom. The first-order valence-corrected chi connectivity index (χ1v) is 9.55. The fourth-order valence-corrected chi connectivity index (χ4v) is 3.98. The molecule has 7 heteroatoms. The summed E-state index contributed by atoms with van der Waals surface area (Å²) in [4.78, 5) is 30.5. The van der Waals surface area contributed by atoms with Crippen molar-refractivity contribution < 1.29 is 19.1 Å². The van der Waals surface area contributed by atoms with E-state index in [1.807, 2.05) is 41.1 Å². The number of aliphatic carboxylic acids is 1. The highest BCUT2D eigenvalue weighted by Crippen LogP contribution is 2.27. The van der Waals surface area contributed by atoms with Gasteiger partial charge in [0.2, 0.25) is 11.8 Å². The molecule has 0 unspecified atom stereocenters. The van der Waals surface area contributed by atoms with Crippen LogP contribution in [0.25, 0.3) is 11.5 Å². The molecule has 1 amide bonds. The molecule has 1 aromatic carbocycles. The van der Waals surface area contributed by atoms with E-state index in [1.54, 1.807) is 18.3 Å². The van der Waals surface area contributed by atoms with Crippen molar-refractivity contribution in [2.75, 3.05) is 0 Å². The van der Waals surface area contributed by atoms with Gasteiger partial charge in [-0.25, -0.2) is 9.78 Å². The van der Waals surface area contributed by atoms with Crippen molar-refractivity contribution in [1.82, 2.24) is 9.88 Å². The predicted octanol–water partition coefficient (Wildman–Crippen LogP) is 3.29. The quantitative estimate of drug-likeness (QED) is 0.749. The summed E-state index contributed by atoms with van der Waals surface area (Å²) in [6.45, 7) is 2.06. The number of oxazole rings is 1. The fourth-order valence-electron chi connectivity index (χ4n) is 3.35. The van der Waals surface area contributed by atoms with Crippen molar-refractivity contribution >= 4 is 23.2 Å². The van der Waals surface area contributed by atoms with Crippen LogP contribution in [0.4, 0.5) is 0 Å². The molecule has 3 heterocycles. The Balaban J connectivity index is 1.58. The maximum atomic E-state index is 12.9. The zero-order valence-corrected chi connectivity index (χ0v) is 15.5. The smallest absolute Gasteiger partial charge is 0.326 e. The topological polar surface area (TPSA) is 83.6 Å². The van der Waals surface area contributed by atoms with Gasteiger partial charge in [-0.05, 0) is 29.5 Å². The van der Waals surface area contributed by atoms with Gasteiger partial charge < -0.3 is 14.4 Å². The molecule has 4 rings (SSSR count). The fraction of sp³-hybridized carbons (Fsp3) is 0.250. The summed E-state index contributed by atoms with van der Waals surface area (Å²) in [5.41, 5.74) is 3.38. The van der Waals surface area contributed by atoms with Crippen LogP contribution in [-0.2, 0) is 29.0 Å². The zero-order chi connectivity index (χ0) is 19.0. The molecule has 1 aliphatic heterocycles. The van der Waals surface area contributed by atoms with Crippen LogP contribution in [0.15, 0.2) is 45.5 Å². The average molecular weight is 382 g/mol. The molecule has 6 nitrogen and oxygen atoms in total. The third-order valence-corrected chi connectivity index (χ3v) is 5.52. The van der Waals surface area contributed by atoms with Gasteiger partial charge in [-0.1, -0.05) is 24.3 Å². The van der Waals surface area contributed by atoms with E-state index in [0.29, 0.717) is 30.3 Å². The number of hydrogen-bond acceptors (Lipinski definition) is 5. The molecule has 0 fully saturated rings. The standard InChI is InChI=1S/C20H18N2O4S/c1-12-16(21-19(26-12)15-6-7-27-11-15)9-18(23)22-10-14-5-3-2-4-13(14)8-17(22)20(24)25/h2-7,11,17H,8-10H2,1H3,(H,24,25)/t17-/m1/s1. The van der Waals surface area contributed by atoms with Crippen molar-refractivity contribution in [2.45, 2.75) is 32.4 Å². The second-order valence-corrected chi connectivity index (χ2v) is 7.34. The summed E-state index contributed by atoms with van der Waals surface area (Å²) in [5.74, 6) is -0.192. The number of aryl methyl sites for hydroxylation is 1. The summed E-state index contributed by atoms with van der Waals surface area (Å²) in [6.07, 6.45) is 0.334. The van der Waals surface area contributed by atoms with Gasteiger partial charge in [-0.2, -0.15) is 11.3 Å². The Morgan fingerprint density at radius 3 is 2.78 bits per heavy atom. The van der Waals surface area contributed by atoms with E-state index in [1.165, 1.54) is 4.90 Å². The van der Waals surface area contributed by atoms with E-state index in [-0.39, 0.29) is 12.3 Å². The summed E-state index contributed by atoms with van der Waals surface area (Å²) in [5, 5.41) is 13.5. The minimum atomic E-state index is -0.992. The number of rotatable bonds is 4. The molecule has 0 aliphatic carbocycles. The molecule has 1 aliphatic rings. The Bertz CT molecular complexity index is 993. The van der Waals surface area contributed by atoms with Crippen LogP contribution in [0.3, 0.4) is 0 Å². The third kappa shape index (κ3) is 3.38. The van der Waals surface area contributed by atoms with Gasteiger partial charge in [0.1, 0.15) is 11.8 Å². The molecule has 2 aromatic heterocycles. The third-order valence-electron chi connectivity index (χ3n) is 4.83. The minimum Gasteiger partial charge on any atom is -0.480 e. The predicted molar refractivity (Wildman–Crippen MR) is 100 cm³/mol. The van der Waals surface area contributed by atoms with Crippen molar-refractivity contribution in [3.63, 3.8) is 0 Å². The highest BCUT2D eigenvalue weighted by molar-refractivity contribution is 7.08. The van der Waals surface area contributed by atoms with Crippen molar-refractivity contribution in [1.29, 1.82) is 0 Å². The van der Waals surface area contributed by atoms with Crippen LogP contribution in [0.1, 0.15) is 22.6 Å². The number of carboxylic acid groups (broad SMARTS) is 1. The first-order valence-electron chi connectivity index (χ1n) is 8.61. The van der Waals surface area contributed by atoms with Crippen molar-refractivity contribution in [2.24, 2.45) is 0 Å². The van der Waals surface area contributed by atoms with Crippen LogP contribution < -0.4 is 0 Å². The molecule has 0 bridgehead atoms. The maximum Gasteiger partial charge on any atom is 0.326 e. The molecule has 3 aromatic rings. The molecule has 0 spiro atoms. The van der Waals surface area contributed by atoms with E-state index >= 15 is 0 Å². The molecule has 27 heavy (non-hydrogen) atoms. The molecule has 0 saturated carbocycles. The number of benzene rings is 1. The van der Waals surface area contributed by atoms with Crippen LogP contribution in [-0.4, -0.2) is 32.9 Å². The van der Waals surface area contributed by atoms with Crippen LogP contribution in [0.2, 0.25) is 0 Å². The normalized spacial score (nSPS) is 16.2. The highest BCUT2D eigenvalue weighted by atomic mass is 32.1. The summed E-state index contributed by atoms with van der Waals surface area (Å²) in [6, 6.07) is 8.68. The summed E-state index contributed by atoms with van der Waals surface area (Å²) in [7, 11) is 0. The molecule has 138 valence electrons. The van der Waals surface area contributed by atoms with Gasteiger partial charge in [0, 0.05) is 23.9 Å². The van der Waals surface area contributed by atoms with Crippen LogP contribution >= 0.6 is 11.3 Å². The van der Waals surface area contributed by atoms with Gasteiger partial charge in [0.25, 0.3) is 0 Å². The number of carbonyl (C=O) groups is 2. The van der Waals surface area contributed by atoms with E-state index < -0.39 is 12.0 Å². The van der Waals surface area contributed by atoms with Crippen molar-refractivity contribution in [3.05, 3.63) is 63.7 Å².